The molecule has 80 heavy (non-hydrogen) atoms. The van der Waals surface area contributed by atoms with E-state index in [4.69, 9.17) is 29.9 Å². The Balaban J connectivity index is 1.04. The van der Waals surface area contributed by atoms with Crippen LogP contribution in [-0.2, 0) is 0 Å². The Bertz CT molecular complexity index is 4290. The van der Waals surface area contributed by atoms with E-state index in [9.17, 15) is 0 Å². The van der Waals surface area contributed by atoms with Crippen molar-refractivity contribution in [3.63, 3.8) is 0 Å². The van der Waals surface area contributed by atoms with Crippen LogP contribution in [0.3, 0.4) is 0 Å². The van der Waals surface area contributed by atoms with E-state index < -0.39 is 0 Å². The maximum absolute atomic E-state index is 5.38. The molecule has 0 saturated carbocycles. The van der Waals surface area contributed by atoms with E-state index in [-0.39, 0.29) is 0 Å². The molecule has 0 radical (unpaired) electrons. The van der Waals surface area contributed by atoms with Gasteiger partial charge in [-0.1, -0.05) is 237 Å². The Morgan fingerprint density at radius 1 is 0.200 bits per heavy atom. The molecule has 8 heteroatoms. The van der Waals surface area contributed by atoms with Gasteiger partial charge in [0.05, 0.1) is 33.4 Å². The van der Waals surface area contributed by atoms with Crippen LogP contribution >= 0.6 is 0 Å². The van der Waals surface area contributed by atoms with Crippen LogP contribution in [0.25, 0.3) is 146 Å². The Hall–Kier alpha value is -11.0. The molecule has 0 fully saturated rings. The summed E-state index contributed by atoms with van der Waals surface area (Å²) in [7, 11) is 0. The number of nitrogens with zero attached hydrogens (tertiary/aromatic N) is 8. The molecule has 4 heterocycles. The predicted molar refractivity (Wildman–Crippen MR) is 325 cm³/mol. The van der Waals surface area contributed by atoms with Crippen molar-refractivity contribution < 1.29 is 0 Å². The molecule has 0 atom stereocenters. The number of aromatic nitrogens is 8. The first-order valence-corrected chi connectivity index (χ1v) is 26.8. The van der Waals surface area contributed by atoms with Gasteiger partial charge in [-0.25, -0.2) is 29.9 Å². The van der Waals surface area contributed by atoms with Crippen LogP contribution in [0.15, 0.2) is 279 Å². The standard InChI is InChI=1S/C72H46N8/c1-5-24-47(25-6-1)67-73-68(48-26-7-2-8-27-48)76-71(75-67)57-38-22-44-63(79-59-40-17-13-34-53(59)54-35-14-18-41-60(54)79)65(57)51-32-21-33-52(46-51)66-58(39-23-45-64(66)80-61-42-19-15-36-55(61)56-37-16-20-43-62(56)80)72-77-69(49-28-9-3-10-29-49)74-70(78-72)50-30-11-4-12-31-50/h1-46H. The van der Waals surface area contributed by atoms with Crippen molar-refractivity contribution in [2.24, 2.45) is 0 Å². The highest BCUT2D eigenvalue weighted by atomic mass is 15.1. The summed E-state index contributed by atoms with van der Waals surface area (Å²) < 4.78 is 4.79. The zero-order valence-corrected chi connectivity index (χ0v) is 43.1. The summed E-state index contributed by atoms with van der Waals surface area (Å²) in [5.41, 5.74) is 15.5. The van der Waals surface area contributed by atoms with Crippen LogP contribution in [0.4, 0.5) is 0 Å². The van der Waals surface area contributed by atoms with Gasteiger partial charge < -0.3 is 9.13 Å². The van der Waals surface area contributed by atoms with Crippen molar-refractivity contribution in [1.82, 2.24) is 39.0 Å². The molecule has 0 saturated heterocycles. The topological polar surface area (TPSA) is 87.2 Å². The quantitative estimate of drug-likeness (QED) is 0.136. The second-order valence-corrected chi connectivity index (χ2v) is 19.8. The first kappa shape index (κ1) is 46.4. The summed E-state index contributed by atoms with van der Waals surface area (Å²) in [6.07, 6.45) is 0. The average molecular weight is 1020 g/mol. The van der Waals surface area contributed by atoms with E-state index in [0.717, 1.165) is 111 Å². The molecule has 0 aliphatic heterocycles. The third-order valence-electron chi connectivity index (χ3n) is 15.0. The van der Waals surface area contributed by atoms with E-state index in [1.54, 1.807) is 0 Å². The number of para-hydroxylation sites is 4. The molecule has 0 N–H and O–H groups in total. The van der Waals surface area contributed by atoms with Gasteiger partial charge >= 0.3 is 0 Å². The lowest BCUT2D eigenvalue weighted by atomic mass is 9.91. The largest absolute Gasteiger partial charge is 0.309 e. The maximum atomic E-state index is 5.38. The van der Waals surface area contributed by atoms with Crippen LogP contribution in [0.2, 0.25) is 0 Å². The summed E-state index contributed by atoms with van der Waals surface area (Å²) in [5.74, 6) is 3.45. The zero-order chi connectivity index (χ0) is 52.9. The fourth-order valence-corrected chi connectivity index (χ4v) is 11.5. The first-order valence-electron chi connectivity index (χ1n) is 26.8. The number of rotatable bonds is 10. The molecule has 0 bridgehead atoms. The Kier molecular flexibility index (Phi) is 11.3. The van der Waals surface area contributed by atoms with Crippen LogP contribution in [0.5, 0.6) is 0 Å². The van der Waals surface area contributed by atoms with Crippen LogP contribution in [-0.4, -0.2) is 39.0 Å². The minimum atomic E-state index is 0.555. The molecule has 15 aromatic rings. The predicted octanol–water partition coefficient (Wildman–Crippen LogP) is 17.6. The normalized spacial score (nSPS) is 11.5. The highest BCUT2D eigenvalue weighted by molar-refractivity contribution is 6.11. The van der Waals surface area contributed by atoms with Crippen molar-refractivity contribution in [3.8, 4) is 102 Å². The van der Waals surface area contributed by atoms with Crippen molar-refractivity contribution >= 4 is 43.6 Å². The lowest BCUT2D eigenvalue weighted by Crippen LogP contribution is -2.05. The fraction of sp³-hybridized carbons (Fsp3) is 0. The SMILES string of the molecule is c1ccc(-c2nc(-c3ccccc3)nc(-c3cccc(-n4c5ccccc5c5ccccc54)c3-c3cccc(-c4c(-c5nc(-c6ccccc6)nc(-c6ccccc6)n5)cccc4-n4c5ccccc5c5ccccc54)c3)n2)cc1. The Morgan fingerprint density at radius 2 is 0.450 bits per heavy atom. The average Bonchev–Trinajstić information content (AvgIpc) is 4.13. The second kappa shape index (κ2) is 19.6. The van der Waals surface area contributed by atoms with Gasteiger partial charge in [-0.3, -0.25) is 0 Å². The van der Waals surface area contributed by atoms with Crippen LogP contribution < -0.4 is 0 Å². The zero-order valence-electron chi connectivity index (χ0n) is 43.1. The summed E-state index contributed by atoms with van der Waals surface area (Å²) in [6.45, 7) is 0. The van der Waals surface area contributed by atoms with E-state index in [1.807, 2.05) is 72.8 Å². The molecular weight excluding hydrogens is 977 g/mol. The highest BCUT2D eigenvalue weighted by Crippen LogP contribution is 2.45. The van der Waals surface area contributed by atoms with Gasteiger partial charge in [0.25, 0.3) is 0 Å². The van der Waals surface area contributed by atoms with Gasteiger partial charge in [0.15, 0.2) is 34.9 Å². The summed E-state index contributed by atoms with van der Waals surface area (Å²) in [5, 5.41) is 4.66. The van der Waals surface area contributed by atoms with Gasteiger partial charge in [0, 0.05) is 66.1 Å². The van der Waals surface area contributed by atoms with Crippen LogP contribution in [0.1, 0.15) is 0 Å². The van der Waals surface area contributed by atoms with E-state index in [1.165, 1.54) is 0 Å². The highest BCUT2D eigenvalue weighted by Gasteiger charge is 2.25. The second-order valence-electron chi connectivity index (χ2n) is 19.8. The van der Waals surface area contributed by atoms with Gasteiger partial charge in [-0.05, 0) is 53.6 Å². The molecule has 0 aliphatic carbocycles. The fourth-order valence-electron chi connectivity index (χ4n) is 11.5. The molecule has 15 rings (SSSR count). The lowest BCUT2D eigenvalue weighted by Gasteiger charge is -2.21. The first-order chi connectivity index (χ1) is 39.7. The lowest BCUT2D eigenvalue weighted by molar-refractivity contribution is 1.07. The number of hydrogen-bond donors (Lipinski definition) is 0. The summed E-state index contributed by atoms with van der Waals surface area (Å²) >= 11 is 0. The molecule has 0 aliphatic rings. The minimum Gasteiger partial charge on any atom is -0.309 e. The van der Waals surface area contributed by atoms with Crippen molar-refractivity contribution in [2.75, 3.05) is 0 Å². The van der Waals surface area contributed by atoms with E-state index >= 15 is 0 Å². The molecule has 374 valence electrons. The van der Waals surface area contributed by atoms with Crippen molar-refractivity contribution in [2.45, 2.75) is 0 Å². The molecule has 0 spiro atoms. The Labute approximate surface area is 461 Å². The van der Waals surface area contributed by atoms with Gasteiger partial charge in [-0.2, -0.15) is 0 Å². The van der Waals surface area contributed by atoms with E-state index in [2.05, 4.69) is 215 Å². The monoisotopic (exact) mass is 1020 g/mol. The van der Waals surface area contributed by atoms with Crippen molar-refractivity contribution in [3.05, 3.63) is 279 Å². The summed E-state index contributed by atoms with van der Waals surface area (Å²) in [6, 6.07) is 97.2. The van der Waals surface area contributed by atoms with Gasteiger partial charge in [-0.15, -0.1) is 0 Å². The molecule has 0 unspecified atom stereocenters. The van der Waals surface area contributed by atoms with Gasteiger partial charge in [0.1, 0.15) is 0 Å². The third kappa shape index (κ3) is 8.01. The van der Waals surface area contributed by atoms with Crippen molar-refractivity contribution in [1.29, 1.82) is 0 Å². The number of benzene rings is 11. The maximum Gasteiger partial charge on any atom is 0.164 e. The molecule has 8 nitrogen and oxygen atoms in total. The third-order valence-corrected chi connectivity index (χ3v) is 15.0. The number of fused-ring (bicyclic) bond motifs is 6. The smallest absolute Gasteiger partial charge is 0.164 e. The molecule has 4 aromatic heterocycles. The Morgan fingerprint density at radius 3 is 0.762 bits per heavy atom. The minimum absolute atomic E-state index is 0.555. The van der Waals surface area contributed by atoms with E-state index in [0.29, 0.717) is 34.9 Å². The molecule has 11 aromatic carbocycles. The molecule has 0 amide bonds. The van der Waals surface area contributed by atoms with Gasteiger partial charge in [0.2, 0.25) is 0 Å². The van der Waals surface area contributed by atoms with Crippen LogP contribution in [0, 0.1) is 0 Å². The number of hydrogen-bond acceptors (Lipinski definition) is 6. The summed E-state index contributed by atoms with van der Waals surface area (Å²) in [4.78, 5) is 31.8. The molecular formula is C72H46N8.